The topological polar surface area (TPSA) is 51.2 Å². The minimum absolute atomic E-state index is 0.239. The van der Waals surface area contributed by atoms with Crippen molar-refractivity contribution in [2.24, 2.45) is 0 Å². The summed E-state index contributed by atoms with van der Waals surface area (Å²) >= 11 is 12.0. The Kier molecular flexibility index (Phi) is 4.88. The highest BCUT2D eigenvalue weighted by Crippen LogP contribution is 2.29. The van der Waals surface area contributed by atoms with Crippen LogP contribution < -0.4 is 5.32 Å². The third kappa shape index (κ3) is 3.61. The van der Waals surface area contributed by atoms with Crippen molar-refractivity contribution in [2.45, 2.75) is 6.92 Å². The molecule has 0 saturated heterocycles. The van der Waals surface area contributed by atoms with Crippen LogP contribution >= 0.6 is 23.2 Å². The lowest BCUT2D eigenvalue weighted by atomic mass is 10.1. The van der Waals surface area contributed by atoms with Gasteiger partial charge in [-0.05, 0) is 55.5 Å². The molecule has 4 nitrogen and oxygen atoms in total. The predicted octanol–water partition coefficient (Wildman–Crippen LogP) is 5.46. The second kappa shape index (κ2) is 7.07. The number of anilines is 2. The first-order valence-electron chi connectivity index (χ1n) is 7.37. The summed E-state index contributed by atoms with van der Waals surface area (Å²) in [6, 6.07) is 14.2. The Hall–Kier alpha value is -2.30. The standard InChI is InChI=1S/C18H14Cl2N2O2/c1-2-24-18(23)17-10-16(21-13-6-3-11(19)4-7-13)14-9-12(20)5-8-15(14)22-17/h3-10H,2H2,1H3,(H,21,22). The molecule has 0 fully saturated rings. The highest BCUT2D eigenvalue weighted by molar-refractivity contribution is 6.31. The van der Waals surface area contributed by atoms with E-state index in [1.54, 1.807) is 43.3 Å². The van der Waals surface area contributed by atoms with E-state index in [4.69, 9.17) is 27.9 Å². The third-order valence-electron chi connectivity index (χ3n) is 3.38. The Bertz CT molecular complexity index is 895. The van der Waals surface area contributed by atoms with Gasteiger partial charge in [-0.15, -0.1) is 0 Å². The lowest BCUT2D eigenvalue weighted by molar-refractivity contribution is 0.0520. The summed E-state index contributed by atoms with van der Waals surface area (Å²) in [7, 11) is 0. The Balaban J connectivity index is 2.10. The molecule has 1 aromatic heterocycles. The number of nitrogens with one attached hydrogen (secondary N) is 1. The number of rotatable bonds is 4. The number of carbonyl (C=O) groups excluding carboxylic acids is 1. The number of pyridine rings is 1. The van der Waals surface area contributed by atoms with Crippen molar-refractivity contribution in [3.63, 3.8) is 0 Å². The van der Waals surface area contributed by atoms with Gasteiger partial charge in [-0.3, -0.25) is 0 Å². The molecule has 0 atom stereocenters. The monoisotopic (exact) mass is 360 g/mol. The number of aromatic nitrogens is 1. The van der Waals surface area contributed by atoms with E-state index >= 15 is 0 Å². The van der Waals surface area contributed by atoms with E-state index in [9.17, 15) is 4.79 Å². The summed E-state index contributed by atoms with van der Waals surface area (Å²) in [5.74, 6) is -0.464. The fourth-order valence-corrected chi connectivity index (χ4v) is 2.60. The quantitative estimate of drug-likeness (QED) is 0.627. The fourth-order valence-electron chi connectivity index (χ4n) is 2.30. The van der Waals surface area contributed by atoms with Gasteiger partial charge in [0.2, 0.25) is 0 Å². The van der Waals surface area contributed by atoms with E-state index in [0.717, 1.165) is 11.1 Å². The van der Waals surface area contributed by atoms with Crippen molar-refractivity contribution in [3.8, 4) is 0 Å². The van der Waals surface area contributed by atoms with Gasteiger partial charge in [0.25, 0.3) is 0 Å². The van der Waals surface area contributed by atoms with E-state index < -0.39 is 5.97 Å². The van der Waals surface area contributed by atoms with Crippen LogP contribution in [0, 0.1) is 0 Å². The number of hydrogen-bond donors (Lipinski definition) is 1. The highest BCUT2D eigenvalue weighted by Gasteiger charge is 2.13. The van der Waals surface area contributed by atoms with Gasteiger partial charge < -0.3 is 10.1 Å². The van der Waals surface area contributed by atoms with Crippen LogP contribution in [0.15, 0.2) is 48.5 Å². The molecule has 0 bridgehead atoms. The molecule has 0 aliphatic heterocycles. The summed E-state index contributed by atoms with van der Waals surface area (Å²) in [6.45, 7) is 2.05. The molecule has 6 heteroatoms. The van der Waals surface area contributed by atoms with Crippen molar-refractivity contribution < 1.29 is 9.53 Å². The van der Waals surface area contributed by atoms with Crippen molar-refractivity contribution in [1.82, 2.24) is 4.98 Å². The van der Waals surface area contributed by atoms with E-state index in [1.807, 2.05) is 12.1 Å². The molecule has 0 saturated carbocycles. The lowest BCUT2D eigenvalue weighted by Gasteiger charge is -2.12. The zero-order valence-electron chi connectivity index (χ0n) is 12.8. The number of nitrogens with zero attached hydrogens (tertiary/aromatic N) is 1. The summed E-state index contributed by atoms with van der Waals surface area (Å²) < 4.78 is 5.05. The van der Waals surface area contributed by atoms with Crippen LogP contribution in [0.4, 0.5) is 11.4 Å². The van der Waals surface area contributed by atoms with Crippen molar-refractivity contribution in [3.05, 3.63) is 64.3 Å². The maximum absolute atomic E-state index is 12.0. The molecule has 0 radical (unpaired) electrons. The summed E-state index contributed by atoms with van der Waals surface area (Å²) in [5, 5.41) is 5.32. The number of fused-ring (bicyclic) bond motifs is 1. The van der Waals surface area contributed by atoms with Crippen molar-refractivity contribution >= 4 is 51.4 Å². The number of ether oxygens (including phenoxy) is 1. The Labute approximate surface area is 149 Å². The third-order valence-corrected chi connectivity index (χ3v) is 3.87. The second-order valence-electron chi connectivity index (χ2n) is 5.07. The fraction of sp³-hybridized carbons (Fsp3) is 0.111. The molecule has 1 N–H and O–H groups in total. The first kappa shape index (κ1) is 16.6. The van der Waals surface area contributed by atoms with Gasteiger partial charge in [0.15, 0.2) is 5.69 Å². The average Bonchev–Trinajstić information content (AvgIpc) is 2.57. The number of carbonyl (C=O) groups is 1. The molecular weight excluding hydrogens is 347 g/mol. The molecule has 0 aliphatic rings. The molecule has 2 aromatic carbocycles. The predicted molar refractivity (Wildman–Crippen MR) is 97.4 cm³/mol. The van der Waals surface area contributed by atoms with Crippen LogP contribution in [0.25, 0.3) is 10.9 Å². The van der Waals surface area contributed by atoms with Crippen LogP contribution in [0.1, 0.15) is 17.4 Å². The van der Waals surface area contributed by atoms with Crippen molar-refractivity contribution in [1.29, 1.82) is 0 Å². The molecule has 3 rings (SSSR count). The molecule has 0 spiro atoms. The molecule has 0 aliphatic carbocycles. The number of esters is 1. The minimum atomic E-state index is -0.464. The van der Waals surface area contributed by atoms with Crippen molar-refractivity contribution in [2.75, 3.05) is 11.9 Å². The van der Waals surface area contributed by atoms with Gasteiger partial charge in [0, 0.05) is 21.1 Å². The van der Waals surface area contributed by atoms with E-state index in [1.165, 1.54) is 0 Å². The van der Waals surface area contributed by atoms with Crippen LogP contribution in [-0.4, -0.2) is 17.6 Å². The maximum atomic E-state index is 12.0. The largest absolute Gasteiger partial charge is 0.461 e. The zero-order valence-corrected chi connectivity index (χ0v) is 14.4. The molecule has 3 aromatic rings. The van der Waals surface area contributed by atoms with Gasteiger partial charge in [-0.2, -0.15) is 0 Å². The van der Waals surface area contributed by atoms with Gasteiger partial charge >= 0.3 is 5.97 Å². The van der Waals surface area contributed by atoms with Crippen LogP contribution in [-0.2, 0) is 4.74 Å². The molecule has 0 unspecified atom stereocenters. The Morgan fingerprint density at radius 1 is 1.08 bits per heavy atom. The van der Waals surface area contributed by atoms with Gasteiger partial charge in [-0.1, -0.05) is 23.2 Å². The second-order valence-corrected chi connectivity index (χ2v) is 5.94. The average molecular weight is 361 g/mol. The molecular formula is C18H14Cl2N2O2. The smallest absolute Gasteiger partial charge is 0.357 e. The highest BCUT2D eigenvalue weighted by atomic mass is 35.5. The van der Waals surface area contributed by atoms with Crippen LogP contribution in [0.5, 0.6) is 0 Å². The molecule has 122 valence electrons. The van der Waals surface area contributed by atoms with Crippen LogP contribution in [0.2, 0.25) is 10.0 Å². The first-order chi connectivity index (χ1) is 11.6. The summed E-state index contributed by atoms with van der Waals surface area (Å²) in [6.07, 6.45) is 0. The maximum Gasteiger partial charge on any atom is 0.357 e. The SMILES string of the molecule is CCOC(=O)c1cc(Nc2ccc(Cl)cc2)c2cc(Cl)ccc2n1. The van der Waals surface area contributed by atoms with Gasteiger partial charge in [0.05, 0.1) is 17.8 Å². The Morgan fingerprint density at radius 2 is 1.79 bits per heavy atom. The van der Waals surface area contributed by atoms with E-state index in [-0.39, 0.29) is 5.69 Å². The van der Waals surface area contributed by atoms with Gasteiger partial charge in [-0.25, -0.2) is 9.78 Å². The summed E-state index contributed by atoms with van der Waals surface area (Å²) in [4.78, 5) is 16.4. The van der Waals surface area contributed by atoms with Crippen LogP contribution in [0.3, 0.4) is 0 Å². The molecule has 1 heterocycles. The molecule has 24 heavy (non-hydrogen) atoms. The van der Waals surface area contributed by atoms with Gasteiger partial charge in [0.1, 0.15) is 0 Å². The number of benzene rings is 2. The number of halogens is 2. The first-order valence-corrected chi connectivity index (χ1v) is 8.12. The Morgan fingerprint density at radius 3 is 2.50 bits per heavy atom. The number of hydrogen-bond acceptors (Lipinski definition) is 4. The lowest BCUT2D eigenvalue weighted by Crippen LogP contribution is -2.08. The minimum Gasteiger partial charge on any atom is -0.461 e. The summed E-state index contributed by atoms with van der Waals surface area (Å²) in [5.41, 5.74) is 2.44. The zero-order chi connectivity index (χ0) is 17.1. The molecule has 0 amide bonds. The van der Waals surface area contributed by atoms with E-state index in [0.29, 0.717) is 27.9 Å². The normalized spacial score (nSPS) is 10.6. The van der Waals surface area contributed by atoms with E-state index in [2.05, 4.69) is 10.3 Å².